The van der Waals surface area contributed by atoms with Gasteiger partial charge in [-0.3, -0.25) is 4.31 Å². The molecule has 0 aliphatic rings. The highest BCUT2D eigenvalue weighted by Crippen LogP contribution is 2.37. The van der Waals surface area contributed by atoms with E-state index in [9.17, 15) is 8.42 Å². The minimum absolute atomic E-state index is 0.301. The Morgan fingerprint density at radius 3 is 1.82 bits per heavy atom. The SMILES string of the molecule is CC[Si](CC)(CC)/C(=C/N(Cc1ccccc1)S(=O)(=O)c1ccc(C)cc1)c1ccccc1. The van der Waals surface area contributed by atoms with Gasteiger partial charge in [-0.1, -0.05) is 117 Å². The third kappa shape index (κ3) is 5.65. The standard InChI is InChI=1S/C28H35NO2SSi/c1-5-33(6-2,7-3)28(26-16-12-9-13-17-26)23-29(22-25-14-10-8-11-15-25)32(30,31)27-20-18-24(4)19-21-27/h8-21,23H,5-7,22H2,1-4H3/b28-23+. The Morgan fingerprint density at radius 2 is 1.30 bits per heavy atom. The van der Waals surface area contributed by atoms with Crippen molar-refractivity contribution in [3.63, 3.8) is 0 Å². The number of aryl methyl sites for hydroxylation is 1. The van der Waals surface area contributed by atoms with Gasteiger partial charge in [0.25, 0.3) is 10.0 Å². The highest BCUT2D eigenvalue weighted by Gasteiger charge is 2.34. The number of sulfonamides is 1. The molecule has 0 amide bonds. The Bertz CT molecular complexity index is 1150. The van der Waals surface area contributed by atoms with Crippen molar-refractivity contribution in [1.29, 1.82) is 0 Å². The first-order valence-electron chi connectivity index (χ1n) is 11.8. The number of benzene rings is 3. The van der Waals surface area contributed by atoms with Gasteiger partial charge in [0.15, 0.2) is 0 Å². The topological polar surface area (TPSA) is 37.4 Å². The molecule has 0 bridgehead atoms. The molecule has 3 nitrogen and oxygen atoms in total. The zero-order chi connectivity index (χ0) is 23.9. The van der Waals surface area contributed by atoms with E-state index in [1.807, 2.05) is 73.8 Å². The van der Waals surface area contributed by atoms with Crippen molar-refractivity contribution in [2.45, 2.75) is 57.3 Å². The molecule has 0 radical (unpaired) electrons. The van der Waals surface area contributed by atoms with Gasteiger partial charge in [0.05, 0.1) is 19.5 Å². The summed E-state index contributed by atoms with van der Waals surface area (Å²) in [6.07, 6.45) is 1.96. The van der Waals surface area contributed by atoms with Gasteiger partial charge < -0.3 is 0 Å². The predicted octanol–water partition coefficient (Wildman–Crippen LogP) is 7.27. The summed E-state index contributed by atoms with van der Waals surface area (Å²) in [5.74, 6) is 0. The molecule has 0 N–H and O–H groups in total. The predicted molar refractivity (Wildman–Crippen MR) is 142 cm³/mol. The van der Waals surface area contributed by atoms with Crippen LogP contribution in [-0.2, 0) is 16.6 Å². The quantitative estimate of drug-likeness (QED) is 0.288. The van der Waals surface area contributed by atoms with Gasteiger partial charge in [-0.2, -0.15) is 0 Å². The van der Waals surface area contributed by atoms with Crippen LogP contribution in [0, 0.1) is 6.92 Å². The van der Waals surface area contributed by atoms with Gasteiger partial charge in [0.2, 0.25) is 0 Å². The Hall–Kier alpha value is -2.63. The van der Waals surface area contributed by atoms with Crippen LogP contribution < -0.4 is 0 Å². The Kier molecular flexibility index (Phi) is 8.33. The molecule has 3 rings (SSSR count). The second-order valence-electron chi connectivity index (χ2n) is 8.60. The van der Waals surface area contributed by atoms with E-state index in [4.69, 9.17) is 0 Å². The van der Waals surface area contributed by atoms with Crippen molar-refractivity contribution in [1.82, 2.24) is 4.31 Å². The van der Waals surface area contributed by atoms with Gasteiger partial charge in [0.1, 0.15) is 0 Å². The number of nitrogens with zero attached hydrogens (tertiary/aromatic N) is 1. The maximum absolute atomic E-state index is 13.9. The van der Waals surface area contributed by atoms with Crippen LogP contribution in [0.2, 0.25) is 18.1 Å². The van der Waals surface area contributed by atoms with Crippen LogP contribution in [0.25, 0.3) is 5.20 Å². The largest absolute Gasteiger partial charge is 0.269 e. The van der Waals surface area contributed by atoms with E-state index in [2.05, 4.69) is 32.9 Å². The second-order valence-corrected chi connectivity index (χ2v) is 15.7. The lowest BCUT2D eigenvalue weighted by Crippen LogP contribution is -2.36. The molecule has 0 aromatic heterocycles. The van der Waals surface area contributed by atoms with Crippen LogP contribution in [-0.4, -0.2) is 20.8 Å². The molecule has 0 spiro atoms. The molecule has 5 heteroatoms. The van der Waals surface area contributed by atoms with Crippen molar-refractivity contribution < 1.29 is 8.42 Å². The molecular formula is C28H35NO2SSi. The molecule has 0 aliphatic carbocycles. The lowest BCUT2D eigenvalue weighted by molar-refractivity contribution is 0.496. The summed E-state index contributed by atoms with van der Waals surface area (Å²) < 4.78 is 29.4. The highest BCUT2D eigenvalue weighted by atomic mass is 32.2. The fourth-order valence-corrected chi connectivity index (χ4v) is 9.67. The van der Waals surface area contributed by atoms with Crippen molar-refractivity contribution in [2.75, 3.05) is 0 Å². The van der Waals surface area contributed by atoms with Gasteiger partial charge in [-0.15, -0.1) is 0 Å². The first-order valence-corrected chi connectivity index (χ1v) is 15.8. The average molecular weight is 478 g/mol. The summed E-state index contributed by atoms with van der Waals surface area (Å²) in [7, 11) is -5.63. The zero-order valence-corrected chi connectivity index (χ0v) is 22.0. The van der Waals surface area contributed by atoms with Gasteiger partial charge in [0, 0.05) is 6.20 Å². The molecule has 174 valence electrons. The van der Waals surface area contributed by atoms with Crippen molar-refractivity contribution in [2.24, 2.45) is 0 Å². The Labute approximate surface area is 200 Å². The van der Waals surface area contributed by atoms with E-state index in [-0.39, 0.29) is 0 Å². The van der Waals surface area contributed by atoms with E-state index < -0.39 is 18.1 Å². The van der Waals surface area contributed by atoms with Crippen LogP contribution in [0.15, 0.2) is 96.0 Å². The molecular weight excluding hydrogens is 442 g/mol. The average Bonchev–Trinajstić information content (AvgIpc) is 2.85. The monoisotopic (exact) mass is 477 g/mol. The summed E-state index contributed by atoms with van der Waals surface area (Å²) >= 11 is 0. The molecule has 3 aromatic carbocycles. The molecule has 0 saturated heterocycles. The number of hydrogen-bond acceptors (Lipinski definition) is 2. The molecule has 0 atom stereocenters. The minimum atomic E-state index is -3.72. The maximum atomic E-state index is 13.9. The summed E-state index contributed by atoms with van der Waals surface area (Å²) in [4.78, 5) is 0.324. The third-order valence-electron chi connectivity index (χ3n) is 6.77. The number of rotatable bonds is 10. The van der Waals surface area contributed by atoms with Crippen LogP contribution in [0.3, 0.4) is 0 Å². The first-order chi connectivity index (χ1) is 15.9. The molecule has 0 saturated carbocycles. The molecule has 0 unspecified atom stereocenters. The van der Waals surface area contributed by atoms with Gasteiger partial charge in [-0.05, 0) is 35.4 Å². The van der Waals surface area contributed by atoms with Crippen molar-refractivity contribution in [3.05, 3.63) is 108 Å². The normalized spacial score (nSPS) is 12.5. The number of hydrogen-bond donors (Lipinski definition) is 0. The lowest BCUT2D eigenvalue weighted by atomic mass is 10.2. The fourth-order valence-electron chi connectivity index (χ4n) is 4.41. The highest BCUT2D eigenvalue weighted by molar-refractivity contribution is 7.89. The molecule has 33 heavy (non-hydrogen) atoms. The van der Waals surface area contributed by atoms with Crippen molar-refractivity contribution >= 4 is 23.3 Å². The second kappa shape index (κ2) is 11.0. The summed E-state index contributed by atoms with van der Waals surface area (Å²) in [5.41, 5.74) is 3.14. The molecule has 0 aliphatic heterocycles. The summed E-state index contributed by atoms with van der Waals surface area (Å²) in [5, 5.41) is 1.21. The maximum Gasteiger partial charge on any atom is 0.264 e. The fraction of sp³-hybridized carbons (Fsp3) is 0.286. The molecule has 0 fully saturated rings. The smallest absolute Gasteiger partial charge is 0.264 e. The van der Waals surface area contributed by atoms with E-state index in [1.54, 1.807) is 16.4 Å². The van der Waals surface area contributed by atoms with Gasteiger partial charge in [-0.25, -0.2) is 8.42 Å². The summed E-state index contributed by atoms with van der Waals surface area (Å²) in [6, 6.07) is 30.5. The van der Waals surface area contributed by atoms with Crippen LogP contribution >= 0.6 is 0 Å². The summed E-state index contributed by atoms with van der Waals surface area (Å²) in [6.45, 7) is 9.04. The lowest BCUT2D eigenvalue weighted by Gasteiger charge is -2.34. The zero-order valence-electron chi connectivity index (χ0n) is 20.2. The van der Waals surface area contributed by atoms with Crippen molar-refractivity contribution in [3.8, 4) is 0 Å². The third-order valence-corrected chi connectivity index (χ3v) is 14.1. The van der Waals surface area contributed by atoms with E-state index >= 15 is 0 Å². The molecule has 0 heterocycles. The van der Waals surface area contributed by atoms with E-state index in [0.717, 1.165) is 34.8 Å². The van der Waals surface area contributed by atoms with Crippen LogP contribution in [0.1, 0.15) is 37.5 Å². The Balaban J connectivity index is 2.23. The van der Waals surface area contributed by atoms with Gasteiger partial charge >= 0.3 is 0 Å². The minimum Gasteiger partial charge on any atom is -0.269 e. The van der Waals surface area contributed by atoms with Crippen LogP contribution in [0.5, 0.6) is 0 Å². The Morgan fingerprint density at radius 1 is 0.788 bits per heavy atom. The van der Waals surface area contributed by atoms with E-state index in [0.29, 0.717) is 11.4 Å². The molecule has 3 aromatic rings. The first kappa shape index (κ1) is 25.0. The van der Waals surface area contributed by atoms with Crippen LogP contribution in [0.4, 0.5) is 0 Å². The van der Waals surface area contributed by atoms with E-state index in [1.165, 1.54) is 5.20 Å².